The van der Waals surface area contributed by atoms with Gasteiger partial charge in [0.05, 0.1) is 28.8 Å². The highest BCUT2D eigenvalue weighted by atomic mass is 35.5. The van der Waals surface area contributed by atoms with Gasteiger partial charge in [-0.3, -0.25) is 4.90 Å². The van der Waals surface area contributed by atoms with E-state index in [1.807, 2.05) is 18.2 Å². The molecule has 0 aromatic heterocycles. The number of nitrogens with two attached hydrogens (primary N) is 1. The second kappa shape index (κ2) is 6.42. The van der Waals surface area contributed by atoms with Gasteiger partial charge in [-0.15, -0.1) is 0 Å². The summed E-state index contributed by atoms with van der Waals surface area (Å²) in [5.74, 6) is 0. The maximum Gasteiger partial charge on any atom is 0.0894 e. The van der Waals surface area contributed by atoms with E-state index in [1.165, 1.54) is 0 Å². The Morgan fingerprint density at radius 3 is 2.68 bits per heavy atom. The molecule has 1 fully saturated rings. The summed E-state index contributed by atoms with van der Waals surface area (Å²) in [5, 5.41) is 1.15. The second-order valence-corrected chi connectivity index (χ2v) is 5.91. The van der Waals surface area contributed by atoms with Crippen molar-refractivity contribution in [3.63, 3.8) is 0 Å². The molecule has 1 aliphatic heterocycles. The van der Waals surface area contributed by atoms with Gasteiger partial charge in [0.1, 0.15) is 0 Å². The van der Waals surface area contributed by atoms with Crippen molar-refractivity contribution in [2.24, 2.45) is 5.73 Å². The fourth-order valence-electron chi connectivity index (χ4n) is 2.63. The molecule has 0 bridgehead atoms. The largest absolute Gasteiger partial charge is 0.374 e. The Bertz CT molecular complexity index is 439. The van der Waals surface area contributed by atoms with Gasteiger partial charge in [0.15, 0.2) is 0 Å². The third-order valence-corrected chi connectivity index (χ3v) is 4.31. The number of hydrogen-bond donors (Lipinski definition) is 1. The molecule has 1 aromatic carbocycles. The number of benzene rings is 1. The molecular weight excluding hydrogens is 283 g/mol. The molecule has 2 N–H and O–H groups in total. The molecule has 5 heteroatoms. The van der Waals surface area contributed by atoms with Gasteiger partial charge in [-0.05, 0) is 31.5 Å². The van der Waals surface area contributed by atoms with Crippen LogP contribution in [0.4, 0.5) is 0 Å². The van der Waals surface area contributed by atoms with Crippen molar-refractivity contribution in [1.82, 2.24) is 4.90 Å². The van der Waals surface area contributed by atoms with E-state index in [-0.39, 0.29) is 12.1 Å². The number of hydrogen-bond acceptors (Lipinski definition) is 3. The van der Waals surface area contributed by atoms with E-state index in [1.54, 1.807) is 0 Å². The van der Waals surface area contributed by atoms with Gasteiger partial charge in [0.25, 0.3) is 0 Å². The number of ether oxygens (including phenoxy) is 1. The minimum atomic E-state index is -0.00612. The molecule has 1 aromatic rings. The van der Waals surface area contributed by atoms with Crippen molar-refractivity contribution >= 4 is 23.2 Å². The van der Waals surface area contributed by atoms with Crippen molar-refractivity contribution in [2.45, 2.75) is 32.0 Å². The lowest BCUT2D eigenvalue weighted by Crippen LogP contribution is -2.50. The predicted molar refractivity (Wildman–Crippen MR) is 79.8 cm³/mol. The number of rotatable bonds is 3. The molecule has 1 aliphatic rings. The van der Waals surface area contributed by atoms with E-state index in [4.69, 9.17) is 33.7 Å². The summed E-state index contributed by atoms with van der Waals surface area (Å²) in [5.41, 5.74) is 6.96. The van der Waals surface area contributed by atoms with Gasteiger partial charge in [-0.2, -0.15) is 0 Å². The first kappa shape index (κ1) is 15.1. The maximum absolute atomic E-state index is 6.13. The zero-order valence-electron chi connectivity index (χ0n) is 11.3. The van der Waals surface area contributed by atoms with Gasteiger partial charge in [0.2, 0.25) is 0 Å². The zero-order chi connectivity index (χ0) is 14.0. The SMILES string of the molecule is CC(C)N1CCOC(CN)C1c1ccc(Cl)c(Cl)c1. The van der Waals surface area contributed by atoms with Crippen LogP contribution in [0.5, 0.6) is 0 Å². The van der Waals surface area contributed by atoms with Gasteiger partial charge < -0.3 is 10.5 Å². The fraction of sp³-hybridized carbons (Fsp3) is 0.571. The van der Waals surface area contributed by atoms with E-state index in [2.05, 4.69) is 18.7 Å². The third kappa shape index (κ3) is 3.23. The van der Waals surface area contributed by atoms with E-state index >= 15 is 0 Å². The van der Waals surface area contributed by atoms with Gasteiger partial charge in [-0.1, -0.05) is 29.3 Å². The highest BCUT2D eigenvalue weighted by molar-refractivity contribution is 6.42. The van der Waals surface area contributed by atoms with Crippen LogP contribution < -0.4 is 5.73 Å². The summed E-state index contributed by atoms with van der Waals surface area (Å²) in [6, 6.07) is 6.32. The molecule has 0 spiro atoms. The second-order valence-electron chi connectivity index (χ2n) is 5.09. The van der Waals surface area contributed by atoms with E-state index in [9.17, 15) is 0 Å². The summed E-state index contributed by atoms with van der Waals surface area (Å²) in [7, 11) is 0. The normalized spacial score (nSPS) is 24.9. The molecule has 3 nitrogen and oxygen atoms in total. The number of halogens is 2. The van der Waals surface area contributed by atoms with Crippen molar-refractivity contribution < 1.29 is 4.74 Å². The van der Waals surface area contributed by atoms with Crippen LogP contribution in [0.25, 0.3) is 0 Å². The highest BCUT2D eigenvalue weighted by Gasteiger charge is 2.34. The zero-order valence-corrected chi connectivity index (χ0v) is 12.8. The molecule has 106 valence electrons. The molecule has 1 saturated heterocycles. The Balaban J connectivity index is 2.36. The van der Waals surface area contributed by atoms with E-state index < -0.39 is 0 Å². The summed E-state index contributed by atoms with van der Waals surface area (Å²) >= 11 is 12.1. The molecule has 0 saturated carbocycles. The van der Waals surface area contributed by atoms with Crippen molar-refractivity contribution in [1.29, 1.82) is 0 Å². The van der Waals surface area contributed by atoms with Crippen LogP contribution in [0, 0.1) is 0 Å². The van der Waals surface area contributed by atoms with Crippen LogP contribution in [0.15, 0.2) is 18.2 Å². The lowest BCUT2D eigenvalue weighted by atomic mass is 9.96. The van der Waals surface area contributed by atoms with Crippen molar-refractivity contribution in [2.75, 3.05) is 19.7 Å². The Morgan fingerprint density at radius 2 is 2.11 bits per heavy atom. The molecule has 1 heterocycles. The molecule has 0 amide bonds. The first-order chi connectivity index (χ1) is 9.04. The Morgan fingerprint density at radius 1 is 1.37 bits per heavy atom. The first-order valence-corrected chi connectivity index (χ1v) is 7.32. The third-order valence-electron chi connectivity index (χ3n) is 3.57. The smallest absolute Gasteiger partial charge is 0.0894 e. The van der Waals surface area contributed by atoms with E-state index in [0.717, 1.165) is 18.7 Å². The lowest BCUT2D eigenvalue weighted by Gasteiger charge is -2.43. The Kier molecular flexibility index (Phi) is 5.09. The topological polar surface area (TPSA) is 38.5 Å². The molecule has 2 unspecified atom stereocenters. The lowest BCUT2D eigenvalue weighted by molar-refractivity contribution is -0.0789. The van der Waals surface area contributed by atoms with Crippen LogP contribution in [0.1, 0.15) is 25.5 Å². The minimum absolute atomic E-state index is 0.00612. The van der Waals surface area contributed by atoms with Crippen LogP contribution in [-0.2, 0) is 4.74 Å². The van der Waals surface area contributed by atoms with Crippen LogP contribution in [0.3, 0.4) is 0 Å². The molecule has 0 radical (unpaired) electrons. The fourth-order valence-corrected chi connectivity index (χ4v) is 2.94. The molecule has 0 aliphatic carbocycles. The van der Waals surface area contributed by atoms with Crippen molar-refractivity contribution in [3.8, 4) is 0 Å². The van der Waals surface area contributed by atoms with Gasteiger partial charge >= 0.3 is 0 Å². The van der Waals surface area contributed by atoms with Crippen LogP contribution >= 0.6 is 23.2 Å². The average Bonchev–Trinajstić information content (AvgIpc) is 2.41. The monoisotopic (exact) mass is 302 g/mol. The quantitative estimate of drug-likeness (QED) is 0.932. The van der Waals surface area contributed by atoms with Crippen molar-refractivity contribution in [3.05, 3.63) is 33.8 Å². The number of nitrogens with zero attached hydrogens (tertiary/aromatic N) is 1. The highest BCUT2D eigenvalue weighted by Crippen LogP contribution is 2.34. The molecule has 2 atom stereocenters. The van der Waals surface area contributed by atoms with Gasteiger partial charge in [-0.25, -0.2) is 0 Å². The minimum Gasteiger partial charge on any atom is -0.374 e. The summed E-state index contributed by atoms with van der Waals surface area (Å²) in [6.07, 6.45) is -0.00612. The Labute approximate surface area is 124 Å². The van der Waals surface area contributed by atoms with Crippen LogP contribution in [-0.4, -0.2) is 36.7 Å². The molecule has 2 rings (SSSR count). The van der Waals surface area contributed by atoms with E-state index in [0.29, 0.717) is 22.6 Å². The maximum atomic E-state index is 6.13. The Hall–Kier alpha value is -0.320. The summed E-state index contributed by atoms with van der Waals surface area (Å²) < 4.78 is 5.80. The summed E-state index contributed by atoms with van der Waals surface area (Å²) in [4.78, 5) is 2.40. The number of morpholine rings is 1. The predicted octanol–water partition coefficient (Wildman–Crippen LogP) is 3.10. The standard InChI is InChI=1S/C14H20Cl2N2O/c1-9(2)18-5-6-19-13(8-17)14(18)10-3-4-11(15)12(16)7-10/h3-4,7,9,13-14H,5-6,8,17H2,1-2H3. The summed E-state index contributed by atoms with van der Waals surface area (Å²) in [6.45, 7) is 6.48. The average molecular weight is 303 g/mol. The van der Waals surface area contributed by atoms with Gasteiger partial charge in [0, 0.05) is 19.1 Å². The first-order valence-electron chi connectivity index (χ1n) is 6.57. The van der Waals surface area contributed by atoms with Crippen LogP contribution in [0.2, 0.25) is 10.0 Å². The molecule has 19 heavy (non-hydrogen) atoms. The molecular formula is C14H20Cl2N2O.